The van der Waals surface area contributed by atoms with Gasteiger partial charge in [-0.3, -0.25) is 9.59 Å². The molecule has 0 aliphatic heterocycles. The molecule has 0 spiro atoms. The second kappa shape index (κ2) is 7.85. The molecule has 0 aromatic rings. The zero-order valence-corrected chi connectivity index (χ0v) is 12.0. The topological polar surface area (TPSA) is 43.4 Å². The van der Waals surface area contributed by atoms with Gasteiger partial charge in [0.25, 0.3) is 0 Å². The summed E-state index contributed by atoms with van der Waals surface area (Å²) in [7, 11) is 0. The highest BCUT2D eigenvalue weighted by Gasteiger charge is 2.37. The third-order valence-electron chi connectivity index (χ3n) is 2.38. The predicted octanol–water partition coefficient (Wildman–Crippen LogP) is 1.59. The van der Waals surface area contributed by atoms with E-state index >= 15 is 0 Å². The van der Waals surface area contributed by atoms with Gasteiger partial charge in [-0.15, -0.1) is 0 Å². The molecule has 0 amide bonds. The van der Waals surface area contributed by atoms with Crippen molar-refractivity contribution >= 4 is 28.2 Å². The largest absolute Gasteiger partial charge is 0.498 e. The Hall–Kier alpha value is -0.378. The number of hydrogen-bond donors (Lipinski definition) is 0. The van der Waals surface area contributed by atoms with E-state index in [-0.39, 0.29) is 0 Å². The molecule has 1 atom stereocenters. The van der Waals surface area contributed by atoms with E-state index in [1.165, 1.54) is 0 Å². The van der Waals surface area contributed by atoms with Crippen LogP contribution in [0.25, 0.3) is 0 Å². The molecule has 7 heteroatoms. The first-order valence-corrected chi connectivity index (χ1v) is 6.30. The molecule has 1 unspecified atom stereocenters. The molecule has 0 fully saturated rings. The van der Waals surface area contributed by atoms with Crippen LogP contribution in [0.3, 0.4) is 0 Å². The van der Waals surface area contributed by atoms with Crippen molar-refractivity contribution in [1.29, 1.82) is 0 Å². The molecular formula is C10H16AlF3O3. The van der Waals surface area contributed by atoms with E-state index < -0.39 is 36.7 Å². The predicted molar refractivity (Wildman–Crippen MR) is 58.2 cm³/mol. The van der Waals surface area contributed by atoms with Gasteiger partial charge in [0.1, 0.15) is 0 Å². The molecule has 0 saturated heterocycles. The number of hydrogen-bond acceptors (Lipinski definition) is 3. The number of rotatable bonds is 8. The van der Waals surface area contributed by atoms with Crippen LogP contribution < -0.4 is 0 Å². The summed E-state index contributed by atoms with van der Waals surface area (Å²) in [5.74, 6) is -2.26. The Morgan fingerprint density at radius 1 is 1.29 bits per heavy atom. The summed E-state index contributed by atoms with van der Waals surface area (Å²) in [6, 6.07) is 0. The smallest absolute Gasteiger partial charge is 0.449 e. The molecule has 0 bridgehead atoms. The van der Waals surface area contributed by atoms with Gasteiger partial charge in [0.05, 0.1) is 6.10 Å². The Bertz CT molecular complexity index is 266. The standard InChI is InChI=1S/C10H14F3O3.Al.2H/c1-2-3-4-7(14)8(15)5-6-9(16)10(11,12)13;;;/h7H,2-6H2,1H3;;;/q-1;+1;;. The Morgan fingerprint density at radius 2 is 1.88 bits per heavy atom. The molecule has 3 nitrogen and oxygen atoms in total. The van der Waals surface area contributed by atoms with Gasteiger partial charge in [0.15, 0.2) is 5.78 Å². The summed E-state index contributed by atoms with van der Waals surface area (Å²) in [5.41, 5.74) is 0. The Kier molecular flexibility index (Phi) is 7.68. The maximum Gasteiger partial charge on any atom is 0.449 e. The molecule has 0 aliphatic carbocycles. The third-order valence-corrected chi connectivity index (χ3v) is 2.95. The van der Waals surface area contributed by atoms with Crippen molar-refractivity contribution in [3.63, 3.8) is 0 Å². The highest BCUT2D eigenvalue weighted by Crippen LogP contribution is 2.19. The summed E-state index contributed by atoms with van der Waals surface area (Å²) in [4.78, 5) is 22.1. The van der Waals surface area contributed by atoms with Crippen molar-refractivity contribution in [3.8, 4) is 0 Å². The molecule has 0 rings (SSSR count). The maximum atomic E-state index is 11.9. The third kappa shape index (κ3) is 6.82. The van der Waals surface area contributed by atoms with Crippen molar-refractivity contribution in [2.75, 3.05) is 0 Å². The van der Waals surface area contributed by atoms with Crippen molar-refractivity contribution in [2.45, 2.75) is 51.3 Å². The van der Waals surface area contributed by atoms with Gasteiger partial charge < -0.3 is 3.79 Å². The number of carbonyl (C=O) groups excluding carboxylic acids is 2. The minimum Gasteiger partial charge on any atom is -0.498 e. The van der Waals surface area contributed by atoms with Crippen LogP contribution in [-0.4, -0.2) is 40.5 Å². The lowest BCUT2D eigenvalue weighted by molar-refractivity contribution is -0.171. The fourth-order valence-corrected chi connectivity index (χ4v) is 1.84. The summed E-state index contributed by atoms with van der Waals surface area (Å²) >= 11 is 0.353. The Morgan fingerprint density at radius 3 is 2.29 bits per heavy atom. The van der Waals surface area contributed by atoms with Gasteiger partial charge >= 0.3 is 22.8 Å². The highest BCUT2D eigenvalue weighted by atomic mass is 27.1. The second-order valence-electron chi connectivity index (χ2n) is 3.75. The number of carbonyl (C=O) groups is 2. The maximum absolute atomic E-state index is 11.9. The molecule has 98 valence electrons. The Labute approximate surface area is 106 Å². The normalized spacial score (nSPS) is 13.4. The van der Waals surface area contributed by atoms with E-state index in [1.807, 2.05) is 6.92 Å². The molecule has 0 aromatic heterocycles. The monoisotopic (exact) mass is 268 g/mol. The minimum atomic E-state index is -4.85. The van der Waals surface area contributed by atoms with Crippen LogP contribution in [0.2, 0.25) is 0 Å². The van der Waals surface area contributed by atoms with Gasteiger partial charge in [-0.2, -0.15) is 13.2 Å². The summed E-state index contributed by atoms with van der Waals surface area (Å²) in [6.07, 6.45) is -4.48. The van der Waals surface area contributed by atoms with Crippen LogP contribution >= 0.6 is 0 Å². The van der Waals surface area contributed by atoms with E-state index in [9.17, 15) is 22.8 Å². The lowest BCUT2D eigenvalue weighted by atomic mass is 10.0. The first-order valence-electron chi connectivity index (χ1n) is 5.48. The molecule has 0 radical (unpaired) electrons. The number of unbranched alkanes of at least 4 members (excludes halogenated alkanes) is 1. The van der Waals surface area contributed by atoms with Crippen molar-refractivity contribution < 1.29 is 26.5 Å². The van der Waals surface area contributed by atoms with Crippen molar-refractivity contribution in [2.24, 2.45) is 0 Å². The summed E-state index contributed by atoms with van der Waals surface area (Å²) < 4.78 is 40.7. The first kappa shape index (κ1) is 16.6. The number of Topliss-reactive ketones (excluding diaryl/α,β-unsaturated/α-hetero) is 2. The van der Waals surface area contributed by atoms with E-state index in [0.717, 1.165) is 12.8 Å². The number of alkyl halides is 3. The van der Waals surface area contributed by atoms with Gasteiger partial charge in [0.2, 0.25) is 5.78 Å². The van der Waals surface area contributed by atoms with E-state index in [2.05, 4.69) is 0 Å². The Balaban J connectivity index is 4.11. The number of ketones is 2. The van der Waals surface area contributed by atoms with Crippen molar-refractivity contribution in [1.82, 2.24) is 0 Å². The lowest BCUT2D eigenvalue weighted by Gasteiger charge is -2.15. The summed E-state index contributed by atoms with van der Waals surface area (Å²) in [6.45, 7) is 1.95. The molecule has 0 N–H and O–H groups in total. The first-order chi connectivity index (χ1) is 7.82. The van der Waals surface area contributed by atoms with Gasteiger partial charge in [-0.1, -0.05) is 19.8 Å². The molecule has 0 aromatic carbocycles. The molecular weight excluding hydrogens is 252 g/mol. The highest BCUT2D eigenvalue weighted by molar-refractivity contribution is 6.00. The van der Waals surface area contributed by atoms with Crippen LogP contribution in [0.5, 0.6) is 0 Å². The molecule has 17 heavy (non-hydrogen) atoms. The zero-order chi connectivity index (χ0) is 13.5. The van der Waals surface area contributed by atoms with Crippen LogP contribution in [0.4, 0.5) is 13.2 Å². The van der Waals surface area contributed by atoms with Gasteiger partial charge in [-0.25, -0.2) is 0 Å². The zero-order valence-electron chi connectivity index (χ0n) is 9.97. The van der Waals surface area contributed by atoms with E-state index in [0.29, 0.717) is 23.0 Å². The van der Waals surface area contributed by atoms with Crippen LogP contribution in [0.15, 0.2) is 0 Å². The van der Waals surface area contributed by atoms with E-state index in [4.69, 9.17) is 3.79 Å². The average Bonchev–Trinajstić information content (AvgIpc) is 2.25. The fourth-order valence-electron chi connectivity index (χ4n) is 1.34. The number of halogens is 3. The molecule has 0 aliphatic rings. The SMILES string of the molecule is CCCCC([O][AlH2])C(=O)CCC(=O)C(F)(F)F. The fraction of sp³-hybridized carbons (Fsp3) is 0.800. The van der Waals surface area contributed by atoms with Crippen LogP contribution in [0.1, 0.15) is 39.0 Å². The second-order valence-corrected chi connectivity index (χ2v) is 4.23. The van der Waals surface area contributed by atoms with Crippen molar-refractivity contribution in [3.05, 3.63) is 0 Å². The molecule has 0 saturated carbocycles. The van der Waals surface area contributed by atoms with Crippen LogP contribution in [0, 0.1) is 0 Å². The van der Waals surface area contributed by atoms with E-state index in [1.54, 1.807) is 0 Å². The van der Waals surface area contributed by atoms with Crippen LogP contribution in [-0.2, 0) is 13.4 Å². The average molecular weight is 268 g/mol. The molecule has 0 heterocycles. The lowest BCUT2D eigenvalue weighted by Crippen LogP contribution is -2.27. The summed E-state index contributed by atoms with van der Waals surface area (Å²) in [5, 5.41) is 0. The van der Waals surface area contributed by atoms with Gasteiger partial charge in [-0.05, 0) is 6.42 Å². The quantitative estimate of drug-likeness (QED) is 0.628. The van der Waals surface area contributed by atoms with Gasteiger partial charge in [0, 0.05) is 12.8 Å². The minimum absolute atomic E-state index is 0.353.